The number of aliphatic carboxylic acids is 1. The largest absolute Gasteiger partial charge is 0.514 e. The lowest BCUT2D eigenvalue weighted by Gasteiger charge is -2.20. The van der Waals surface area contributed by atoms with Gasteiger partial charge in [-0.15, -0.1) is 0 Å². The summed E-state index contributed by atoms with van der Waals surface area (Å²) < 4.78 is 31.0. The first-order valence-corrected chi connectivity index (χ1v) is 13.1. The van der Waals surface area contributed by atoms with Gasteiger partial charge in [-0.2, -0.15) is 0 Å². The number of carboxylic acid groups (broad SMARTS) is 1. The minimum Gasteiger partial charge on any atom is -0.480 e. The number of ether oxygens (including phenoxy) is 6. The van der Waals surface area contributed by atoms with Crippen LogP contribution >= 0.6 is 0 Å². The molecule has 2 N–H and O–H groups in total. The van der Waals surface area contributed by atoms with Gasteiger partial charge in [-0.3, -0.25) is 4.79 Å². The zero-order valence-corrected chi connectivity index (χ0v) is 23.7. The summed E-state index contributed by atoms with van der Waals surface area (Å²) >= 11 is 0. The Morgan fingerprint density at radius 3 is 1.67 bits per heavy atom. The van der Waals surface area contributed by atoms with Crippen LogP contribution in [0.5, 0.6) is 11.5 Å². The van der Waals surface area contributed by atoms with Crippen LogP contribution in [0.25, 0.3) is 0 Å². The van der Waals surface area contributed by atoms with Crippen molar-refractivity contribution in [1.82, 2.24) is 5.32 Å². The van der Waals surface area contributed by atoms with Gasteiger partial charge in [0.25, 0.3) is 0 Å². The van der Waals surface area contributed by atoms with Crippen LogP contribution in [0.3, 0.4) is 0 Å². The maximum absolute atomic E-state index is 12.3. The Morgan fingerprint density at radius 2 is 1.18 bits per heavy atom. The van der Waals surface area contributed by atoms with E-state index in [1.54, 1.807) is 27.7 Å². The molecule has 5 atom stereocenters. The Bertz CT molecular complexity index is 952. The number of hydrogen-bond donors (Lipinski definition) is 2. The molecule has 0 bridgehead atoms. The van der Waals surface area contributed by atoms with Gasteiger partial charge in [0.2, 0.25) is 0 Å². The van der Waals surface area contributed by atoms with Crippen LogP contribution < -0.4 is 14.8 Å². The molecule has 1 aromatic carbocycles. The maximum Gasteiger partial charge on any atom is 0.514 e. The maximum atomic E-state index is 12.3. The summed E-state index contributed by atoms with van der Waals surface area (Å²) in [4.78, 5) is 48.1. The van der Waals surface area contributed by atoms with Crippen molar-refractivity contribution in [3.8, 4) is 11.5 Å². The lowest BCUT2D eigenvalue weighted by Crippen LogP contribution is -2.42. The first kappa shape index (κ1) is 33.5. The summed E-state index contributed by atoms with van der Waals surface area (Å²) in [5, 5.41) is 12.6. The van der Waals surface area contributed by atoms with Crippen LogP contribution in [0, 0.1) is 0 Å². The molecule has 0 saturated heterocycles. The van der Waals surface area contributed by atoms with Gasteiger partial charge in [-0.05, 0) is 71.1 Å². The molecule has 39 heavy (non-hydrogen) atoms. The van der Waals surface area contributed by atoms with E-state index in [4.69, 9.17) is 28.4 Å². The molecule has 0 fully saturated rings. The van der Waals surface area contributed by atoms with Crippen LogP contribution in [0.4, 0.5) is 14.4 Å². The van der Waals surface area contributed by atoms with Crippen LogP contribution in [-0.4, -0.2) is 66.5 Å². The third kappa shape index (κ3) is 13.2. The van der Waals surface area contributed by atoms with E-state index in [-0.39, 0.29) is 36.7 Å². The third-order valence-electron chi connectivity index (χ3n) is 5.70. The van der Waals surface area contributed by atoms with E-state index >= 15 is 0 Å². The molecule has 1 aromatic rings. The zero-order valence-electron chi connectivity index (χ0n) is 23.7. The van der Waals surface area contributed by atoms with Crippen LogP contribution in [-0.2, 0) is 30.2 Å². The highest BCUT2D eigenvalue weighted by atomic mass is 16.8. The normalized spacial score (nSPS) is 14.6. The Kier molecular flexibility index (Phi) is 14.7. The molecule has 4 unspecified atom stereocenters. The van der Waals surface area contributed by atoms with Gasteiger partial charge in [0.05, 0.1) is 0 Å². The number of carboxylic acids is 1. The molecule has 12 nitrogen and oxygen atoms in total. The van der Waals surface area contributed by atoms with E-state index in [0.29, 0.717) is 24.8 Å². The first-order valence-electron chi connectivity index (χ1n) is 13.1. The third-order valence-corrected chi connectivity index (χ3v) is 5.70. The molecule has 0 spiro atoms. The second-order valence-corrected chi connectivity index (χ2v) is 9.18. The SMILES string of the molecule is CCC(C)OC(=O)Oc1ccc(C[C@H](NCC(C)OC(=O)OC(C)CC)C(=O)O)cc1OC(=O)OC(C)CC. The smallest absolute Gasteiger partial charge is 0.480 e. The summed E-state index contributed by atoms with van der Waals surface area (Å²) in [5.41, 5.74) is 0.452. The fraction of sp³-hybridized carbons (Fsp3) is 0.630. The van der Waals surface area contributed by atoms with Crippen molar-refractivity contribution < 1.29 is 52.7 Å². The van der Waals surface area contributed by atoms with Crippen LogP contribution in [0.15, 0.2) is 18.2 Å². The number of benzene rings is 1. The Hall–Kier alpha value is -3.54. The monoisotopic (exact) mass is 555 g/mol. The Morgan fingerprint density at radius 1 is 0.718 bits per heavy atom. The molecule has 220 valence electrons. The average molecular weight is 556 g/mol. The van der Waals surface area contributed by atoms with E-state index in [0.717, 1.165) is 0 Å². The predicted molar refractivity (Wildman–Crippen MR) is 140 cm³/mol. The second-order valence-electron chi connectivity index (χ2n) is 9.18. The molecular formula is C27H41NO11. The van der Waals surface area contributed by atoms with Gasteiger partial charge in [0.15, 0.2) is 11.5 Å². The number of rotatable bonds is 15. The topological polar surface area (TPSA) is 156 Å². The molecule has 12 heteroatoms. The molecule has 0 amide bonds. The van der Waals surface area contributed by atoms with Crippen LogP contribution in [0.1, 0.15) is 73.3 Å². The van der Waals surface area contributed by atoms with Crippen molar-refractivity contribution in [3.63, 3.8) is 0 Å². The fourth-order valence-electron chi connectivity index (χ4n) is 2.84. The number of carbonyl (C=O) groups is 4. The molecule has 0 aliphatic rings. The van der Waals surface area contributed by atoms with Gasteiger partial charge in [0.1, 0.15) is 30.5 Å². The van der Waals surface area contributed by atoms with Crippen molar-refractivity contribution in [2.75, 3.05) is 6.54 Å². The average Bonchev–Trinajstić information content (AvgIpc) is 2.87. The number of nitrogens with one attached hydrogen (secondary N) is 1. The van der Waals surface area contributed by atoms with Gasteiger partial charge < -0.3 is 38.8 Å². The van der Waals surface area contributed by atoms with Crippen molar-refractivity contribution in [2.24, 2.45) is 0 Å². The minimum atomic E-state index is -1.15. The highest BCUT2D eigenvalue weighted by molar-refractivity contribution is 5.74. The van der Waals surface area contributed by atoms with E-state index in [2.05, 4.69) is 5.32 Å². The van der Waals surface area contributed by atoms with Crippen molar-refractivity contribution in [1.29, 1.82) is 0 Å². The lowest BCUT2D eigenvalue weighted by atomic mass is 10.0. The highest BCUT2D eigenvalue weighted by Gasteiger charge is 2.23. The summed E-state index contributed by atoms with van der Waals surface area (Å²) in [7, 11) is 0. The summed E-state index contributed by atoms with van der Waals surface area (Å²) in [6.07, 6.45) is -2.85. The quantitative estimate of drug-likeness (QED) is 0.165. The fourth-order valence-corrected chi connectivity index (χ4v) is 2.84. The van der Waals surface area contributed by atoms with Gasteiger partial charge >= 0.3 is 24.4 Å². The Labute approximate surface area is 229 Å². The van der Waals surface area contributed by atoms with Crippen molar-refractivity contribution in [2.45, 2.75) is 105 Å². The van der Waals surface area contributed by atoms with E-state index in [1.807, 2.05) is 20.8 Å². The second kappa shape index (κ2) is 17.1. The van der Waals surface area contributed by atoms with Crippen LogP contribution in [0.2, 0.25) is 0 Å². The molecule has 0 heterocycles. The van der Waals surface area contributed by atoms with E-state index < -0.39 is 42.7 Å². The molecule has 0 aliphatic heterocycles. The lowest BCUT2D eigenvalue weighted by molar-refractivity contribution is -0.139. The van der Waals surface area contributed by atoms with E-state index in [1.165, 1.54) is 18.2 Å². The number of carbonyl (C=O) groups excluding carboxylic acids is 3. The highest BCUT2D eigenvalue weighted by Crippen LogP contribution is 2.30. The number of hydrogen-bond acceptors (Lipinski definition) is 11. The summed E-state index contributed by atoms with van der Waals surface area (Å²) in [6.45, 7) is 12.3. The van der Waals surface area contributed by atoms with Gasteiger partial charge in [-0.25, -0.2) is 14.4 Å². The Balaban J connectivity index is 3.00. The van der Waals surface area contributed by atoms with Gasteiger partial charge in [0, 0.05) is 6.54 Å². The molecular weight excluding hydrogens is 514 g/mol. The standard InChI is InChI=1S/C27H41NO11/c1-8-16(4)34-25(31)37-19(7)15-28-21(24(29)30)13-20-11-12-22(38-26(32)35-17(5)9-2)23(14-20)39-27(33)36-18(6)10-3/h11-12,14,16-19,21,28H,8-10,13,15H2,1-7H3,(H,29,30)/t16?,17?,18?,19?,21-/m0/s1. The molecule has 0 aliphatic carbocycles. The molecule has 0 aromatic heterocycles. The predicted octanol–water partition coefficient (Wildman–Crippen LogP) is 5.24. The molecule has 1 rings (SSSR count). The van der Waals surface area contributed by atoms with Crippen molar-refractivity contribution in [3.05, 3.63) is 23.8 Å². The molecule has 0 radical (unpaired) electrons. The minimum absolute atomic E-state index is 0.0340. The zero-order chi connectivity index (χ0) is 29.5. The molecule has 0 saturated carbocycles. The summed E-state index contributed by atoms with van der Waals surface area (Å²) in [5.74, 6) is -1.40. The first-order chi connectivity index (χ1) is 18.4. The van der Waals surface area contributed by atoms with Gasteiger partial charge in [-0.1, -0.05) is 26.8 Å². The van der Waals surface area contributed by atoms with E-state index in [9.17, 15) is 24.3 Å². The van der Waals surface area contributed by atoms with Crippen molar-refractivity contribution >= 4 is 24.4 Å². The summed E-state index contributed by atoms with van der Waals surface area (Å²) in [6, 6.07) is 3.20.